The minimum atomic E-state index is -0.109. The van der Waals surface area contributed by atoms with E-state index in [9.17, 15) is 4.79 Å². The van der Waals surface area contributed by atoms with Gasteiger partial charge in [0.05, 0.1) is 6.67 Å². The van der Waals surface area contributed by atoms with Crippen LogP contribution in [0.2, 0.25) is 0 Å². The standard InChI is InChI=1S/C17H23N3O/c1-4-15-12(2)16(18)17(21)20(13(15)3)11-19-10-14-8-6-5-7-9-14/h5-9,19H,4,10-11,18H2,1-3H3. The highest BCUT2D eigenvalue weighted by Crippen LogP contribution is 2.17. The predicted molar refractivity (Wildman–Crippen MR) is 87.2 cm³/mol. The van der Waals surface area contributed by atoms with E-state index in [1.807, 2.05) is 32.0 Å². The SMILES string of the molecule is CCc1c(C)c(N)c(=O)n(CNCc2ccccc2)c1C. The van der Waals surface area contributed by atoms with Crippen molar-refractivity contribution in [3.8, 4) is 0 Å². The highest BCUT2D eigenvalue weighted by Gasteiger charge is 2.13. The van der Waals surface area contributed by atoms with E-state index in [1.54, 1.807) is 4.57 Å². The number of nitrogens with two attached hydrogens (primary N) is 1. The van der Waals surface area contributed by atoms with Crippen LogP contribution >= 0.6 is 0 Å². The van der Waals surface area contributed by atoms with Crippen molar-refractivity contribution in [2.75, 3.05) is 5.73 Å². The minimum absolute atomic E-state index is 0.109. The van der Waals surface area contributed by atoms with Crippen LogP contribution in [0.15, 0.2) is 35.1 Å². The van der Waals surface area contributed by atoms with Crippen molar-refractivity contribution in [2.45, 2.75) is 40.4 Å². The lowest BCUT2D eigenvalue weighted by molar-refractivity contribution is 0.530. The molecule has 0 amide bonds. The summed E-state index contributed by atoms with van der Waals surface area (Å²) in [5, 5.41) is 3.31. The second kappa shape index (κ2) is 6.59. The number of anilines is 1. The molecule has 0 atom stereocenters. The molecule has 0 saturated carbocycles. The summed E-state index contributed by atoms with van der Waals surface area (Å²) in [4.78, 5) is 12.3. The zero-order valence-corrected chi connectivity index (χ0v) is 12.9. The van der Waals surface area contributed by atoms with Crippen molar-refractivity contribution >= 4 is 5.69 Å². The average molecular weight is 285 g/mol. The normalized spacial score (nSPS) is 10.8. The molecule has 0 aliphatic heterocycles. The maximum atomic E-state index is 12.3. The fraction of sp³-hybridized carbons (Fsp3) is 0.353. The first-order valence-electron chi connectivity index (χ1n) is 7.29. The van der Waals surface area contributed by atoms with Crippen molar-refractivity contribution in [3.05, 3.63) is 63.1 Å². The van der Waals surface area contributed by atoms with Crippen LogP contribution in [0, 0.1) is 13.8 Å². The molecule has 1 aromatic carbocycles. The van der Waals surface area contributed by atoms with E-state index in [-0.39, 0.29) is 5.56 Å². The van der Waals surface area contributed by atoms with E-state index < -0.39 is 0 Å². The van der Waals surface area contributed by atoms with Crippen LogP contribution in [0.25, 0.3) is 0 Å². The molecule has 0 aliphatic rings. The molecule has 2 aromatic rings. The van der Waals surface area contributed by atoms with Crippen LogP contribution in [0.3, 0.4) is 0 Å². The molecule has 0 bridgehead atoms. The molecular formula is C17H23N3O. The number of nitrogens with zero attached hydrogens (tertiary/aromatic N) is 1. The molecule has 0 unspecified atom stereocenters. The first kappa shape index (κ1) is 15.3. The van der Waals surface area contributed by atoms with Gasteiger partial charge in [-0.2, -0.15) is 0 Å². The molecule has 4 nitrogen and oxygen atoms in total. The van der Waals surface area contributed by atoms with E-state index in [2.05, 4.69) is 24.4 Å². The number of aromatic nitrogens is 1. The summed E-state index contributed by atoms with van der Waals surface area (Å²) >= 11 is 0. The third-order valence-electron chi connectivity index (χ3n) is 3.97. The van der Waals surface area contributed by atoms with Gasteiger partial charge in [0, 0.05) is 12.2 Å². The van der Waals surface area contributed by atoms with Crippen molar-refractivity contribution in [1.29, 1.82) is 0 Å². The Morgan fingerprint density at radius 2 is 1.86 bits per heavy atom. The summed E-state index contributed by atoms with van der Waals surface area (Å²) in [6.45, 7) is 7.18. The Morgan fingerprint density at radius 3 is 2.48 bits per heavy atom. The molecule has 0 aliphatic carbocycles. The quantitative estimate of drug-likeness (QED) is 0.886. The highest BCUT2D eigenvalue weighted by molar-refractivity contribution is 5.50. The summed E-state index contributed by atoms with van der Waals surface area (Å²) in [7, 11) is 0. The molecular weight excluding hydrogens is 262 g/mol. The van der Waals surface area contributed by atoms with Gasteiger partial charge in [0.1, 0.15) is 5.69 Å². The van der Waals surface area contributed by atoms with E-state index in [1.165, 1.54) is 5.56 Å². The van der Waals surface area contributed by atoms with Gasteiger partial charge < -0.3 is 5.73 Å². The van der Waals surface area contributed by atoms with Gasteiger partial charge in [-0.3, -0.25) is 14.7 Å². The first-order valence-corrected chi connectivity index (χ1v) is 7.29. The van der Waals surface area contributed by atoms with Crippen LogP contribution < -0.4 is 16.6 Å². The van der Waals surface area contributed by atoms with E-state index in [0.29, 0.717) is 12.4 Å². The van der Waals surface area contributed by atoms with Crippen molar-refractivity contribution < 1.29 is 0 Å². The van der Waals surface area contributed by atoms with Crippen molar-refractivity contribution in [2.24, 2.45) is 0 Å². The number of rotatable bonds is 5. The molecule has 0 fully saturated rings. The smallest absolute Gasteiger partial charge is 0.275 e. The lowest BCUT2D eigenvalue weighted by Gasteiger charge is -2.18. The molecule has 112 valence electrons. The second-order valence-corrected chi connectivity index (χ2v) is 5.26. The van der Waals surface area contributed by atoms with Gasteiger partial charge in [-0.25, -0.2) is 0 Å². The Kier molecular flexibility index (Phi) is 4.81. The zero-order chi connectivity index (χ0) is 15.4. The molecule has 1 heterocycles. The third-order valence-corrected chi connectivity index (χ3v) is 3.97. The van der Waals surface area contributed by atoms with Gasteiger partial charge in [-0.15, -0.1) is 0 Å². The van der Waals surface area contributed by atoms with E-state index >= 15 is 0 Å². The molecule has 3 N–H and O–H groups in total. The lowest BCUT2D eigenvalue weighted by atomic mass is 10.0. The fourth-order valence-corrected chi connectivity index (χ4v) is 2.67. The van der Waals surface area contributed by atoms with Crippen LogP contribution in [-0.2, 0) is 19.6 Å². The molecule has 2 rings (SSSR count). The monoisotopic (exact) mass is 285 g/mol. The Morgan fingerprint density at radius 1 is 1.19 bits per heavy atom. The highest BCUT2D eigenvalue weighted by atomic mass is 16.1. The van der Waals surface area contributed by atoms with Gasteiger partial charge >= 0.3 is 0 Å². The molecule has 0 spiro atoms. The molecule has 1 aromatic heterocycles. The van der Waals surface area contributed by atoms with Gasteiger partial charge in [0.2, 0.25) is 0 Å². The molecule has 4 heteroatoms. The Labute approximate surface area is 125 Å². The minimum Gasteiger partial charge on any atom is -0.394 e. The predicted octanol–water partition coefficient (Wildman–Crippen LogP) is 2.36. The zero-order valence-electron chi connectivity index (χ0n) is 12.9. The number of hydrogen-bond donors (Lipinski definition) is 2. The third kappa shape index (κ3) is 3.16. The van der Waals surface area contributed by atoms with Gasteiger partial charge in [0.25, 0.3) is 5.56 Å². The first-order chi connectivity index (χ1) is 10.1. The molecule has 21 heavy (non-hydrogen) atoms. The number of nitrogens with one attached hydrogen (secondary N) is 1. The lowest BCUT2D eigenvalue weighted by Crippen LogP contribution is -2.32. The summed E-state index contributed by atoms with van der Waals surface area (Å²) in [5.74, 6) is 0. The summed E-state index contributed by atoms with van der Waals surface area (Å²) in [6.07, 6.45) is 0.876. The van der Waals surface area contributed by atoms with E-state index in [4.69, 9.17) is 5.73 Å². The van der Waals surface area contributed by atoms with Gasteiger partial charge in [-0.1, -0.05) is 37.3 Å². The van der Waals surface area contributed by atoms with Crippen LogP contribution in [-0.4, -0.2) is 4.57 Å². The maximum absolute atomic E-state index is 12.3. The molecule has 0 radical (unpaired) electrons. The van der Waals surface area contributed by atoms with Crippen LogP contribution in [0.4, 0.5) is 5.69 Å². The van der Waals surface area contributed by atoms with Crippen LogP contribution in [0.5, 0.6) is 0 Å². The van der Waals surface area contributed by atoms with Crippen molar-refractivity contribution in [1.82, 2.24) is 9.88 Å². The number of nitrogen functional groups attached to an aromatic ring is 1. The van der Waals surface area contributed by atoms with E-state index in [0.717, 1.165) is 29.8 Å². The Balaban J connectivity index is 2.20. The fourth-order valence-electron chi connectivity index (χ4n) is 2.67. The topological polar surface area (TPSA) is 60.1 Å². The summed E-state index contributed by atoms with van der Waals surface area (Å²) in [5.41, 5.74) is 10.5. The number of pyridine rings is 1. The average Bonchev–Trinajstić information content (AvgIpc) is 2.50. The summed E-state index contributed by atoms with van der Waals surface area (Å²) < 4.78 is 1.73. The molecule has 0 saturated heterocycles. The largest absolute Gasteiger partial charge is 0.394 e. The van der Waals surface area contributed by atoms with Crippen molar-refractivity contribution in [3.63, 3.8) is 0 Å². The maximum Gasteiger partial charge on any atom is 0.275 e. The number of benzene rings is 1. The van der Waals surface area contributed by atoms with Gasteiger partial charge in [-0.05, 0) is 37.0 Å². The second-order valence-electron chi connectivity index (χ2n) is 5.26. The Hall–Kier alpha value is -2.07. The van der Waals surface area contributed by atoms with Gasteiger partial charge in [0.15, 0.2) is 0 Å². The number of hydrogen-bond acceptors (Lipinski definition) is 3. The Bertz CT molecular complexity index is 675. The van der Waals surface area contributed by atoms with Crippen LogP contribution in [0.1, 0.15) is 29.3 Å². The summed E-state index contributed by atoms with van der Waals surface area (Å²) in [6, 6.07) is 10.1.